The van der Waals surface area contributed by atoms with Crippen molar-refractivity contribution in [2.24, 2.45) is 0 Å². The van der Waals surface area contributed by atoms with E-state index in [1.807, 2.05) is 54.6 Å². The number of pyridine rings is 1. The van der Waals surface area contributed by atoms with Gasteiger partial charge in [0.15, 0.2) is 0 Å². The molecule has 8 nitrogen and oxygen atoms in total. The van der Waals surface area contributed by atoms with Crippen LogP contribution >= 0.6 is 0 Å². The van der Waals surface area contributed by atoms with Crippen molar-refractivity contribution in [3.05, 3.63) is 108 Å². The van der Waals surface area contributed by atoms with Crippen LogP contribution in [0.5, 0.6) is 0 Å². The first-order valence-corrected chi connectivity index (χ1v) is 14.4. The number of anilines is 1. The van der Waals surface area contributed by atoms with Gasteiger partial charge in [-0.1, -0.05) is 66.7 Å². The molecule has 0 spiro atoms. The van der Waals surface area contributed by atoms with E-state index in [4.69, 9.17) is 10.5 Å². The maximum atomic E-state index is 13.2. The molecule has 2 fully saturated rings. The first-order chi connectivity index (χ1) is 20.5. The SMILES string of the molecule is Nc1ncc(-c2ccc(CN3CCOCC3)cc2)cc1C(=O)NC1CCN(C(=O)c2ccc(-c3ccccc3)cc2)C1. The van der Waals surface area contributed by atoms with Crippen molar-refractivity contribution in [1.82, 2.24) is 20.1 Å². The molecule has 0 aliphatic carbocycles. The molecular weight excluding hydrogens is 526 g/mol. The Bertz CT molecular complexity index is 1530. The van der Waals surface area contributed by atoms with Crippen LogP contribution in [0.2, 0.25) is 0 Å². The lowest BCUT2D eigenvalue weighted by Crippen LogP contribution is -2.38. The van der Waals surface area contributed by atoms with Crippen molar-refractivity contribution in [2.75, 3.05) is 45.1 Å². The average Bonchev–Trinajstić information content (AvgIpc) is 3.51. The van der Waals surface area contributed by atoms with Crippen molar-refractivity contribution in [3.8, 4) is 22.3 Å². The minimum atomic E-state index is -0.280. The average molecular weight is 562 g/mol. The highest BCUT2D eigenvalue weighted by atomic mass is 16.5. The number of nitrogens with one attached hydrogen (secondary N) is 1. The second-order valence-electron chi connectivity index (χ2n) is 10.9. The van der Waals surface area contributed by atoms with Gasteiger partial charge < -0.3 is 20.7 Å². The van der Waals surface area contributed by atoms with E-state index in [1.165, 1.54) is 5.56 Å². The molecule has 8 heteroatoms. The highest BCUT2D eigenvalue weighted by Gasteiger charge is 2.29. The van der Waals surface area contributed by atoms with E-state index in [9.17, 15) is 9.59 Å². The maximum absolute atomic E-state index is 13.2. The van der Waals surface area contributed by atoms with Gasteiger partial charge in [-0.05, 0) is 46.9 Å². The minimum absolute atomic E-state index is 0.0356. The highest BCUT2D eigenvalue weighted by Crippen LogP contribution is 2.24. The van der Waals surface area contributed by atoms with Gasteiger partial charge >= 0.3 is 0 Å². The van der Waals surface area contributed by atoms with Crippen LogP contribution in [0.15, 0.2) is 91.1 Å². The number of benzene rings is 3. The quantitative estimate of drug-likeness (QED) is 0.345. The van der Waals surface area contributed by atoms with Crippen LogP contribution in [0.1, 0.15) is 32.7 Å². The molecule has 0 bridgehead atoms. The number of nitrogens with zero attached hydrogens (tertiary/aromatic N) is 3. The number of nitrogens with two attached hydrogens (primary N) is 1. The van der Waals surface area contributed by atoms with Gasteiger partial charge in [-0.25, -0.2) is 4.98 Å². The standard InChI is InChI=1S/C34H35N5O3/c35-32-31(20-29(21-36-32)27-8-6-24(7-9-27)22-38-16-18-42-19-17-38)33(40)37-30-14-15-39(23-30)34(41)28-12-10-26(11-13-28)25-4-2-1-3-5-25/h1-13,20-21,30H,14-19,22-23H2,(H2,35,36)(H,37,40). The smallest absolute Gasteiger partial charge is 0.255 e. The highest BCUT2D eigenvalue weighted by molar-refractivity contribution is 6.00. The Balaban J connectivity index is 1.07. The summed E-state index contributed by atoms with van der Waals surface area (Å²) in [6.45, 7) is 5.35. The number of carbonyl (C=O) groups excluding carboxylic acids is 2. The van der Waals surface area contributed by atoms with Crippen molar-refractivity contribution in [1.29, 1.82) is 0 Å². The van der Waals surface area contributed by atoms with E-state index in [0.29, 0.717) is 30.6 Å². The van der Waals surface area contributed by atoms with Gasteiger partial charge in [0.1, 0.15) is 5.82 Å². The van der Waals surface area contributed by atoms with Crippen molar-refractivity contribution in [2.45, 2.75) is 19.0 Å². The number of ether oxygens (including phenoxy) is 1. The summed E-state index contributed by atoms with van der Waals surface area (Å²) < 4.78 is 5.44. The van der Waals surface area contributed by atoms with Crippen LogP contribution in [0.25, 0.3) is 22.3 Å². The number of morpholine rings is 1. The van der Waals surface area contributed by atoms with E-state index in [0.717, 1.165) is 55.1 Å². The third-order valence-corrected chi connectivity index (χ3v) is 8.01. The zero-order chi connectivity index (χ0) is 28.9. The zero-order valence-corrected chi connectivity index (χ0v) is 23.5. The predicted molar refractivity (Wildman–Crippen MR) is 164 cm³/mol. The summed E-state index contributed by atoms with van der Waals surface area (Å²) in [6.07, 6.45) is 2.37. The van der Waals surface area contributed by atoms with Crippen LogP contribution < -0.4 is 11.1 Å². The van der Waals surface area contributed by atoms with E-state index in [1.54, 1.807) is 17.2 Å². The molecule has 1 unspecified atom stereocenters. The molecule has 0 saturated carbocycles. The molecule has 2 amide bonds. The van der Waals surface area contributed by atoms with Crippen molar-refractivity contribution in [3.63, 3.8) is 0 Å². The number of amides is 2. The number of likely N-dealkylation sites (tertiary alicyclic amines) is 1. The normalized spacial score (nSPS) is 17.2. The van der Waals surface area contributed by atoms with Gasteiger partial charge in [-0.15, -0.1) is 0 Å². The Morgan fingerprint density at radius 3 is 2.26 bits per heavy atom. The number of hydrogen-bond acceptors (Lipinski definition) is 6. The molecule has 6 rings (SSSR count). The molecule has 1 aromatic heterocycles. The summed E-state index contributed by atoms with van der Waals surface area (Å²) >= 11 is 0. The van der Waals surface area contributed by atoms with Crippen LogP contribution in [0, 0.1) is 0 Å². The molecule has 42 heavy (non-hydrogen) atoms. The molecule has 3 heterocycles. The number of hydrogen-bond donors (Lipinski definition) is 2. The summed E-state index contributed by atoms with van der Waals surface area (Å²) in [4.78, 5) is 34.9. The topological polar surface area (TPSA) is 101 Å². The van der Waals surface area contributed by atoms with Crippen molar-refractivity contribution < 1.29 is 14.3 Å². The maximum Gasteiger partial charge on any atom is 0.255 e. The zero-order valence-electron chi connectivity index (χ0n) is 23.5. The molecule has 3 aromatic carbocycles. The fourth-order valence-corrected chi connectivity index (χ4v) is 5.58. The summed E-state index contributed by atoms with van der Waals surface area (Å²) in [5, 5.41) is 3.07. The number of nitrogen functional groups attached to an aromatic ring is 1. The number of rotatable bonds is 7. The molecule has 2 aliphatic rings. The molecule has 2 aliphatic heterocycles. The second-order valence-corrected chi connectivity index (χ2v) is 10.9. The Hall–Kier alpha value is -4.53. The molecule has 2 saturated heterocycles. The summed E-state index contributed by atoms with van der Waals surface area (Å²) in [6, 6.07) is 27.7. The van der Waals surface area contributed by atoms with Gasteiger partial charge in [0.2, 0.25) is 0 Å². The monoisotopic (exact) mass is 561 g/mol. The van der Waals surface area contributed by atoms with E-state index < -0.39 is 0 Å². The lowest BCUT2D eigenvalue weighted by Gasteiger charge is -2.26. The summed E-state index contributed by atoms with van der Waals surface area (Å²) in [5.41, 5.74) is 12.3. The minimum Gasteiger partial charge on any atom is -0.383 e. The van der Waals surface area contributed by atoms with E-state index in [-0.39, 0.29) is 23.7 Å². The largest absolute Gasteiger partial charge is 0.383 e. The van der Waals surface area contributed by atoms with Crippen LogP contribution in [0.4, 0.5) is 5.82 Å². The van der Waals surface area contributed by atoms with Crippen LogP contribution in [-0.2, 0) is 11.3 Å². The number of aromatic nitrogens is 1. The fourth-order valence-electron chi connectivity index (χ4n) is 5.58. The summed E-state index contributed by atoms with van der Waals surface area (Å²) in [7, 11) is 0. The molecule has 0 radical (unpaired) electrons. The van der Waals surface area contributed by atoms with Gasteiger partial charge in [0, 0.05) is 56.1 Å². The third-order valence-electron chi connectivity index (χ3n) is 8.01. The molecule has 1 atom stereocenters. The molecule has 4 aromatic rings. The van der Waals surface area contributed by atoms with E-state index >= 15 is 0 Å². The Labute approximate surface area is 246 Å². The first kappa shape index (κ1) is 27.6. The van der Waals surface area contributed by atoms with Gasteiger partial charge in [-0.3, -0.25) is 14.5 Å². The van der Waals surface area contributed by atoms with E-state index in [2.05, 4.69) is 39.5 Å². The van der Waals surface area contributed by atoms with Crippen LogP contribution in [0.3, 0.4) is 0 Å². The number of carbonyl (C=O) groups is 2. The Morgan fingerprint density at radius 2 is 1.52 bits per heavy atom. The fraction of sp³-hybridized carbons (Fsp3) is 0.265. The molecule has 3 N–H and O–H groups in total. The summed E-state index contributed by atoms with van der Waals surface area (Å²) in [5.74, 6) is -0.131. The predicted octanol–water partition coefficient (Wildman–Crippen LogP) is 4.47. The van der Waals surface area contributed by atoms with Crippen LogP contribution in [-0.4, -0.2) is 72.0 Å². The molecule has 214 valence electrons. The lowest BCUT2D eigenvalue weighted by atomic mass is 10.0. The molecular formula is C34H35N5O3. The van der Waals surface area contributed by atoms with Gasteiger partial charge in [0.25, 0.3) is 11.8 Å². The Kier molecular flexibility index (Phi) is 8.26. The lowest BCUT2D eigenvalue weighted by molar-refractivity contribution is 0.0342. The Morgan fingerprint density at radius 1 is 0.857 bits per heavy atom. The van der Waals surface area contributed by atoms with Crippen molar-refractivity contribution >= 4 is 17.6 Å². The first-order valence-electron chi connectivity index (χ1n) is 14.4. The third kappa shape index (κ3) is 6.35. The van der Waals surface area contributed by atoms with Gasteiger partial charge in [-0.2, -0.15) is 0 Å². The second kappa shape index (κ2) is 12.5. The van der Waals surface area contributed by atoms with Gasteiger partial charge in [0.05, 0.1) is 18.8 Å².